The van der Waals surface area contributed by atoms with E-state index in [1.54, 1.807) is 34.4 Å². The zero-order valence-corrected chi connectivity index (χ0v) is 20.5. The van der Waals surface area contributed by atoms with Gasteiger partial charge in [0, 0.05) is 49.0 Å². The van der Waals surface area contributed by atoms with E-state index in [0.717, 1.165) is 18.0 Å². The average Bonchev–Trinajstić information content (AvgIpc) is 3.52. The zero-order chi connectivity index (χ0) is 24.1. The number of hydrogen-bond acceptors (Lipinski definition) is 6. The van der Waals surface area contributed by atoms with Crippen LogP contribution in [0.5, 0.6) is 0 Å². The van der Waals surface area contributed by atoms with Crippen LogP contribution in [0.15, 0.2) is 46.9 Å². The van der Waals surface area contributed by atoms with Gasteiger partial charge in [0.2, 0.25) is 5.91 Å². The molecule has 1 atom stereocenters. The third-order valence-corrected chi connectivity index (χ3v) is 7.12. The van der Waals surface area contributed by atoms with Crippen LogP contribution in [0, 0.1) is 11.7 Å². The molecule has 0 unspecified atom stereocenters. The van der Waals surface area contributed by atoms with Crippen molar-refractivity contribution in [3.05, 3.63) is 58.0 Å². The van der Waals surface area contributed by atoms with Crippen LogP contribution < -0.4 is 0 Å². The molecule has 9 heteroatoms. The van der Waals surface area contributed by atoms with Gasteiger partial charge in [0.1, 0.15) is 12.4 Å². The van der Waals surface area contributed by atoms with E-state index in [2.05, 4.69) is 10.0 Å². The number of benzene rings is 1. The van der Waals surface area contributed by atoms with E-state index < -0.39 is 0 Å². The molecule has 0 radical (unpaired) electrons. The summed E-state index contributed by atoms with van der Waals surface area (Å²) in [6, 6.07) is 10.1. The number of hydrazone groups is 1. The standard InChI is InChI=1S/C25H31FN4O3S/c1-18(2)25(32)29(10-9-28-11-13-33-14-12-28)17-24(31)30-22(23-8-5-15-34-23)16-21(27-30)19-6-3-4-7-20(19)26/h3-8,15,18,22H,9-14,16-17H2,1-2H3/t22-/m1/s1. The van der Waals surface area contributed by atoms with Crippen molar-refractivity contribution in [2.75, 3.05) is 45.9 Å². The molecule has 2 amide bonds. The summed E-state index contributed by atoms with van der Waals surface area (Å²) in [5.74, 6) is -0.906. The Morgan fingerprint density at radius 2 is 1.97 bits per heavy atom. The van der Waals surface area contributed by atoms with Crippen molar-refractivity contribution in [2.24, 2.45) is 11.0 Å². The largest absolute Gasteiger partial charge is 0.379 e. The molecule has 1 saturated heterocycles. The number of rotatable bonds is 8. The van der Waals surface area contributed by atoms with Gasteiger partial charge < -0.3 is 9.64 Å². The van der Waals surface area contributed by atoms with Crippen molar-refractivity contribution in [3.8, 4) is 0 Å². The van der Waals surface area contributed by atoms with Gasteiger partial charge >= 0.3 is 0 Å². The number of nitrogens with zero attached hydrogens (tertiary/aromatic N) is 4. The maximum absolute atomic E-state index is 14.5. The number of carbonyl (C=O) groups excluding carboxylic acids is 2. The maximum Gasteiger partial charge on any atom is 0.262 e. The van der Waals surface area contributed by atoms with Gasteiger partial charge in [-0.15, -0.1) is 11.3 Å². The van der Waals surface area contributed by atoms with Crippen LogP contribution in [0.2, 0.25) is 0 Å². The minimum atomic E-state index is -0.359. The summed E-state index contributed by atoms with van der Waals surface area (Å²) >= 11 is 1.54. The molecule has 2 aliphatic rings. The average molecular weight is 487 g/mol. The fraction of sp³-hybridized carbons (Fsp3) is 0.480. The number of thiophene rings is 1. The van der Waals surface area contributed by atoms with Gasteiger partial charge in [-0.05, 0) is 17.5 Å². The lowest BCUT2D eigenvalue weighted by Crippen LogP contribution is -2.47. The molecule has 4 rings (SSSR count). The van der Waals surface area contributed by atoms with Gasteiger partial charge in [0.05, 0.1) is 25.0 Å². The summed E-state index contributed by atoms with van der Waals surface area (Å²) in [5, 5.41) is 7.97. The fourth-order valence-electron chi connectivity index (χ4n) is 4.26. The van der Waals surface area contributed by atoms with Crippen LogP contribution in [-0.4, -0.2) is 78.3 Å². The summed E-state index contributed by atoms with van der Waals surface area (Å²) in [6.45, 7) is 7.78. The molecular formula is C25H31FN4O3S. The van der Waals surface area contributed by atoms with E-state index in [-0.39, 0.29) is 36.1 Å². The highest BCUT2D eigenvalue weighted by atomic mass is 32.1. The molecular weight excluding hydrogens is 455 g/mol. The first-order chi connectivity index (χ1) is 16.4. The van der Waals surface area contributed by atoms with Crippen molar-refractivity contribution >= 4 is 28.9 Å². The SMILES string of the molecule is CC(C)C(=O)N(CCN1CCOCC1)CC(=O)N1N=C(c2ccccc2F)C[C@@H]1c1cccs1. The number of ether oxygens (including phenoxy) is 1. The Balaban J connectivity index is 1.53. The Morgan fingerprint density at radius 3 is 2.65 bits per heavy atom. The highest BCUT2D eigenvalue weighted by Gasteiger charge is 2.35. The smallest absolute Gasteiger partial charge is 0.262 e. The predicted octanol–water partition coefficient (Wildman–Crippen LogP) is 3.38. The summed E-state index contributed by atoms with van der Waals surface area (Å²) in [7, 11) is 0. The fourth-order valence-corrected chi connectivity index (χ4v) is 5.07. The normalized spacial score (nSPS) is 18.9. The summed E-state index contributed by atoms with van der Waals surface area (Å²) in [4.78, 5) is 31.3. The van der Waals surface area contributed by atoms with Crippen molar-refractivity contribution in [1.29, 1.82) is 0 Å². The Bertz CT molecular complexity index is 1020. The molecule has 34 heavy (non-hydrogen) atoms. The third-order valence-electron chi connectivity index (χ3n) is 6.14. The Kier molecular flexibility index (Phi) is 8.07. The Morgan fingerprint density at radius 1 is 1.21 bits per heavy atom. The van der Waals surface area contributed by atoms with Gasteiger partial charge in [0.25, 0.3) is 5.91 Å². The molecule has 1 fully saturated rings. The van der Waals surface area contributed by atoms with Crippen molar-refractivity contribution in [2.45, 2.75) is 26.3 Å². The molecule has 7 nitrogen and oxygen atoms in total. The first-order valence-electron chi connectivity index (χ1n) is 11.7. The lowest BCUT2D eigenvalue weighted by Gasteiger charge is -2.31. The second kappa shape index (κ2) is 11.2. The lowest BCUT2D eigenvalue weighted by atomic mass is 10.0. The number of morpholine rings is 1. The van der Waals surface area contributed by atoms with Gasteiger partial charge in [0.15, 0.2) is 0 Å². The molecule has 1 aromatic heterocycles. The molecule has 3 heterocycles. The lowest BCUT2D eigenvalue weighted by molar-refractivity contribution is -0.143. The molecule has 0 N–H and O–H groups in total. The highest BCUT2D eigenvalue weighted by Crippen LogP contribution is 2.35. The summed E-state index contributed by atoms with van der Waals surface area (Å²) in [5.41, 5.74) is 0.946. The molecule has 0 saturated carbocycles. The van der Waals surface area contributed by atoms with Crippen LogP contribution in [0.1, 0.15) is 36.8 Å². The second-order valence-electron chi connectivity index (χ2n) is 8.87. The topological polar surface area (TPSA) is 65.5 Å². The Labute approximate surface area is 203 Å². The number of amides is 2. The molecule has 0 aliphatic carbocycles. The van der Waals surface area contributed by atoms with E-state index in [0.29, 0.717) is 44.0 Å². The molecule has 0 spiro atoms. The van der Waals surface area contributed by atoms with E-state index in [1.165, 1.54) is 11.1 Å². The Hall–Kier alpha value is -2.62. The van der Waals surface area contributed by atoms with Crippen molar-refractivity contribution < 1.29 is 18.7 Å². The van der Waals surface area contributed by atoms with Crippen molar-refractivity contribution in [3.63, 3.8) is 0 Å². The van der Waals surface area contributed by atoms with Crippen LogP contribution >= 0.6 is 11.3 Å². The predicted molar refractivity (Wildman–Crippen MR) is 130 cm³/mol. The molecule has 182 valence electrons. The number of carbonyl (C=O) groups is 2. The minimum absolute atomic E-state index is 0.0583. The van der Waals surface area contributed by atoms with Gasteiger partial charge in [-0.3, -0.25) is 14.5 Å². The first-order valence-corrected chi connectivity index (χ1v) is 12.6. The van der Waals surface area contributed by atoms with E-state index >= 15 is 0 Å². The van der Waals surface area contributed by atoms with E-state index in [1.807, 2.05) is 31.4 Å². The van der Waals surface area contributed by atoms with E-state index in [4.69, 9.17) is 4.74 Å². The van der Waals surface area contributed by atoms with Crippen LogP contribution in [0.25, 0.3) is 0 Å². The maximum atomic E-state index is 14.5. The van der Waals surface area contributed by atoms with Gasteiger partial charge in [-0.1, -0.05) is 38.1 Å². The van der Waals surface area contributed by atoms with Gasteiger partial charge in [-0.2, -0.15) is 5.10 Å². The number of halogens is 1. The van der Waals surface area contributed by atoms with E-state index in [9.17, 15) is 14.0 Å². The third kappa shape index (κ3) is 5.71. The zero-order valence-electron chi connectivity index (χ0n) is 19.7. The summed E-state index contributed by atoms with van der Waals surface area (Å²) in [6.07, 6.45) is 0.430. The monoisotopic (exact) mass is 486 g/mol. The first kappa shape index (κ1) is 24.5. The minimum Gasteiger partial charge on any atom is -0.379 e. The van der Waals surface area contributed by atoms with Crippen LogP contribution in [0.4, 0.5) is 4.39 Å². The molecule has 1 aromatic carbocycles. The molecule has 2 aromatic rings. The van der Waals surface area contributed by atoms with Crippen molar-refractivity contribution in [1.82, 2.24) is 14.8 Å². The van der Waals surface area contributed by atoms with Gasteiger partial charge in [-0.25, -0.2) is 9.40 Å². The molecule has 0 bridgehead atoms. The summed E-state index contributed by atoms with van der Waals surface area (Å²) < 4.78 is 19.9. The quantitative estimate of drug-likeness (QED) is 0.574. The van der Waals surface area contributed by atoms with Crippen LogP contribution in [0.3, 0.4) is 0 Å². The number of hydrogen-bond donors (Lipinski definition) is 0. The highest BCUT2D eigenvalue weighted by molar-refractivity contribution is 7.10. The van der Waals surface area contributed by atoms with Crippen LogP contribution in [-0.2, 0) is 14.3 Å². The molecule has 2 aliphatic heterocycles. The second-order valence-corrected chi connectivity index (χ2v) is 9.85.